The molecule has 9 heteroatoms. The van der Waals surface area contributed by atoms with Crippen molar-refractivity contribution in [2.45, 2.75) is 78.6 Å². The minimum atomic E-state index is 0. The Morgan fingerprint density at radius 2 is 1.01 bits per heavy atom. The molecule has 1 radical (unpaired) electrons. The average Bonchev–Trinajstić information content (AvgIpc) is 0.837. The van der Waals surface area contributed by atoms with Crippen molar-refractivity contribution < 1.29 is 54.6 Å². The fourth-order valence-electron chi connectivity index (χ4n) is 14.7. The van der Waals surface area contributed by atoms with E-state index in [0.29, 0.717) is 0 Å². The second kappa shape index (κ2) is 40.3. The molecule has 0 spiro atoms. The van der Waals surface area contributed by atoms with Crippen LogP contribution in [0, 0.1) is 80.6 Å². The maximum Gasteiger partial charge on any atom is 2.00 e. The number of aliphatic imine (C=N–C) groups is 1. The van der Waals surface area contributed by atoms with Gasteiger partial charge in [0.2, 0.25) is 0 Å². The van der Waals surface area contributed by atoms with Gasteiger partial charge in [-0.2, -0.15) is 0 Å². The summed E-state index contributed by atoms with van der Waals surface area (Å²) in [5.41, 5.74) is 20.2. The van der Waals surface area contributed by atoms with Gasteiger partial charge in [-0.3, -0.25) is 14.1 Å². The Labute approximate surface area is 679 Å². The molecule has 7 nitrogen and oxygen atoms in total. The van der Waals surface area contributed by atoms with E-state index < -0.39 is 0 Å². The Hall–Kier alpha value is -11.2. The van der Waals surface area contributed by atoms with Gasteiger partial charge in [-0.15, -0.1) is 180 Å². The van der Waals surface area contributed by atoms with Crippen LogP contribution in [-0.2, 0) is 47.6 Å². The summed E-state index contributed by atoms with van der Waals surface area (Å²) < 4.78 is 6.22. The van der Waals surface area contributed by atoms with Gasteiger partial charge in [-0.1, -0.05) is 176 Å². The number of nitrogens with zero attached hydrogens (tertiary/aromatic N) is 7. The maximum atomic E-state index is 4.69. The quantitative estimate of drug-likeness (QED) is 0.0518. The molecule has 4 aromatic heterocycles. The summed E-state index contributed by atoms with van der Waals surface area (Å²) in [6, 6.07) is 96.8. The van der Waals surface area contributed by atoms with Crippen molar-refractivity contribution in [2.75, 3.05) is 0 Å². The first-order valence-electron chi connectivity index (χ1n) is 37.5. The van der Waals surface area contributed by atoms with E-state index in [9.17, 15) is 0 Å². The van der Waals surface area contributed by atoms with Crippen LogP contribution in [0.3, 0.4) is 0 Å². The molecule has 1 saturated carbocycles. The number of rotatable bonds is 17. The number of para-hydroxylation sites is 1. The van der Waals surface area contributed by atoms with Gasteiger partial charge >= 0.3 is 21.1 Å². The van der Waals surface area contributed by atoms with Crippen molar-refractivity contribution in [2.24, 2.45) is 22.7 Å². The van der Waals surface area contributed by atoms with Gasteiger partial charge in [0, 0.05) is 55.6 Å². The zero-order chi connectivity index (χ0) is 74.2. The number of pyridine rings is 4. The van der Waals surface area contributed by atoms with Gasteiger partial charge in [-0.25, -0.2) is 4.24 Å². The Morgan fingerprint density at radius 3 is 1.56 bits per heavy atom. The molecule has 6 heterocycles. The van der Waals surface area contributed by atoms with E-state index in [1.165, 1.54) is 117 Å². The van der Waals surface area contributed by atoms with Crippen molar-refractivity contribution in [1.29, 1.82) is 0 Å². The van der Waals surface area contributed by atoms with Crippen LogP contribution >= 0.6 is 0 Å². The summed E-state index contributed by atoms with van der Waals surface area (Å²) in [7, 11) is 0. The molecule has 8 aromatic carbocycles. The van der Waals surface area contributed by atoms with Gasteiger partial charge < -0.3 is 15.0 Å². The summed E-state index contributed by atoms with van der Waals surface area (Å²) in [6.07, 6.45) is 42.7. The standard InChI is InChI=1S/C51H57N3.C24H16N2.C15H10N.C11H8N.Ir.Pt/c1-37-13-7-10-16-46(37)49-28-25-40(34-52(49)4)19-22-43-31-44(23-20-41-26-29-50(53(5)35-41)47-17-11-8-14-38(47)2)33-45(32-43)24-21-42-27-30-51(54(6)36-42)48-18-12-9-15-39(48)3;1-2-10-20(11-3-1)22-13-4-5-15-24(22)26-18-19-9-8-12-21(17-19)23-14-6-7-16-25-23;1-2-6-12(7-3-1)15-10-13-8-4-5-9-14(13)11-16-15;1-2-6-10(7-3-1)11-8-4-5-9-12-11;;/h7-18,25-30,34-36,43-45H,4-6,19-24,31-33H2,1-3H3;1-10,12-16,18H;1-6,8-11H;1-6,8-9H;;/q;-2;2*-1;;+2/t43?,44-,45+;;;;;. The largest absolute Gasteiger partial charge is 2.00 e. The minimum Gasteiger partial charge on any atom is -0.305 e. The molecule has 4 aliphatic rings. The van der Waals surface area contributed by atoms with Crippen LogP contribution in [0.2, 0.25) is 0 Å². The van der Waals surface area contributed by atoms with Crippen LogP contribution in [0.15, 0.2) is 345 Å². The van der Waals surface area contributed by atoms with Gasteiger partial charge in [0.05, 0.1) is 13.4 Å². The van der Waals surface area contributed by atoms with Crippen molar-refractivity contribution in [3.05, 3.63) is 427 Å². The molecule has 12 aromatic rings. The molecule has 0 amide bonds. The summed E-state index contributed by atoms with van der Waals surface area (Å²) in [5.74, 6) is 3.46. The molecule has 16 rings (SSSR count). The van der Waals surface area contributed by atoms with E-state index in [0.717, 1.165) is 93.2 Å². The van der Waals surface area contributed by atoms with Gasteiger partial charge in [0.1, 0.15) is 36.6 Å². The molecule has 0 saturated heterocycles. The number of aromatic nitrogens is 4. The SMILES string of the molecule is C=[N+]1C=C(CC[C@@H]2CC(CCc3ccc(=C4C=CC=C[C-]4C)[n+](=C)c3)C[C@H](CCC3=C[N+](=C)[C-](c4ccccc4C)C=C3)C2)C=C[C-]1c1ccccc1C.[Ir].[Pt+2].[c-]1c(C=Nc2ccccc2-c2[c-]cccc2)cccc1-c1ccccn1.[c-]1ccccc1-c1cc2ccccc2cn1.[c-]1ccccc1-c1ccccn1. The number of hydrogen-bond donors (Lipinski definition) is 0. The van der Waals surface area contributed by atoms with Crippen molar-refractivity contribution in [1.82, 2.24) is 15.0 Å². The molecular formula is C101H91IrN7Pt-2. The molecule has 1 unspecified atom stereocenters. The van der Waals surface area contributed by atoms with Crippen LogP contribution in [0.1, 0.15) is 91.7 Å². The van der Waals surface area contributed by atoms with E-state index in [1.54, 1.807) is 12.4 Å². The third-order valence-electron chi connectivity index (χ3n) is 20.3. The molecule has 3 atom stereocenters. The summed E-state index contributed by atoms with van der Waals surface area (Å²) >= 11 is 0. The van der Waals surface area contributed by atoms with E-state index in [-0.39, 0.29) is 41.2 Å². The average molecular weight is 1790 g/mol. The Balaban J connectivity index is 0.000000174. The van der Waals surface area contributed by atoms with Gasteiger partial charge in [0.15, 0.2) is 6.20 Å². The van der Waals surface area contributed by atoms with E-state index in [2.05, 4.69) is 246 Å². The molecule has 0 N–H and O–H groups in total. The van der Waals surface area contributed by atoms with Crippen LogP contribution < -0.4 is 9.59 Å². The van der Waals surface area contributed by atoms with Crippen LogP contribution in [0.4, 0.5) is 5.69 Å². The first-order valence-corrected chi connectivity index (χ1v) is 37.5. The second-order valence-electron chi connectivity index (χ2n) is 28.0. The summed E-state index contributed by atoms with van der Waals surface area (Å²) in [6.45, 7) is 19.7. The second-order valence-corrected chi connectivity index (χ2v) is 28.0. The monoisotopic (exact) mass is 1790 g/mol. The Bertz CT molecular complexity index is 5260. The number of hydrogen-bond acceptors (Lipinski definition) is 4. The first kappa shape index (κ1) is 79.8. The van der Waals surface area contributed by atoms with Crippen LogP contribution in [0.5, 0.6) is 0 Å². The van der Waals surface area contributed by atoms with Gasteiger partial charge in [0.25, 0.3) is 0 Å². The van der Waals surface area contributed by atoms with E-state index in [4.69, 9.17) is 4.99 Å². The van der Waals surface area contributed by atoms with Crippen LogP contribution in [0.25, 0.3) is 61.2 Å². The predicted molar refractivity (Wildman–Crippen MR) is 446 cm³/mol. The third kappa shape index (κ3) is 21.8. The molecule has 110 heavy (non-hydrogen) atoms. The number of benzene rings is 8. The topological polar surface area (TPSA) is 63.0 Å². The Kier molecular flexibility index (Phi) is 29.2. The fourth-order valence-corrected chi connectivity index (χ4v) is 14.7. The first-order chi connectivity index (χ1) is 53.0. The van der Waals surface area contributed by atoms with E-state index in [1.807, 2.05) is 170 Å². The zero-order valence-electron chi connectivity index (χ0n) is 62.8. The summed E-state index contributed by atoms with van der Waals surface area (Å²) in [5, 5.41) is 3.55. The van der Waals surface area contributed by atoms with Crippen molar-refractivity contribution >= 4 is 41.7 Å². The van der Waals surface area contributed by atoms with Crippen LogP contribution in [-0.4, -0.2) is 43.8 Å². The normalized spacial score (nSPS) is 16.1. The smallest absolute Gasteiger partial charge is 0.305 e. The third-order valence-corrected chi connectivity index (χ3v) is 20.3. The molecule has 0 bridgehead atoms. The van der Waals surface area contributed by atoms with E-state index >= 15 is 0 Å². The predicted octanol–water partition coefficient (Wildman–Crippen LogP) is 22.1. The molecule has 551 valence electrons. The zero-order valence-corrected chi connectivity index (χ0v) is 67.4. The maximum absolute atomic E-state index is 4.69. The van der Waals surface area contributed by atoms with Crippen molar-refractivity contribution in [3.8, 4) is 44.9 Å². The molecular weight excluding hydrogens is 1700 g/mol. The van der Waals surface area contributed by atoms with Gasteiger partial charge in [-0.05, 0) is 163 Å². The van der Waals surface area contributed by atoms with Crippen molar-refractivity contribution in [3.63, 3.8) is 0 Å². The fraction of sp³-hybridized carbons (Fsp3) is 0.149. The molecule has 1 fully saturated rings. The number of allylic oxidation sites excluding steroid dienone is 8. The summed E-state index contributed by atoms with van der Waals surface area (Å²) in [4.78, 5) is 17.7. The number of fused-ring (bicyclic) bond motifs is 1. The minimum absolute atomic E-state index is 0. The molecule has 2 aliphatic heterocycles. The number of aryl methyl sites for hydroxylation is 3. The Morgan fingerprint density at radius 1 is 0.491 bits per heavy atom. The molecule has 2 aliphatic carbocycles.